The Labute approximate surface area is 91.8 Å². The van der Waals surface area contributed by atoms with E-state index in [1.165, 1.54) is 24.1 Å². The number of carbonyl (C=O) groups is 1. The smallest absolute Gasteiger partial charge is 0.272 e. The zero-order valence-corrected chi connectivity index (χ0v) is 9.91. The van der Waals surface area contributed by atoms with E-state index >= 15 is 0 Å². The molecule has 0 saturated carbocycles. The van der Waals surface area contributed by atoms with Crippen LogP contribution in [0.3, 0.4) is 0 Å². The zero-order valence-electron chi connectivity index (χ0n) is 9.91. The van der Waals surface area contributed by atoms with E-state index in [0.29, 0.717) is 6.54 Å². The van der Waals surface area contributed by atoms with Crippen molar-refractivity contribution in [3.63, 3.8) is 0 Å². The first-order valence-corrected chi connectivity index (χ1v) is 5.97. The highest BCUT2D eigenvalue weighted by molar-refractivity contribution is 5.74. The summed E-state index contributed by atoms with van der Waals surface area (Å²) in [4.78, 5) is 11.1. The van der Waals surface area contributed by atoms with Crippen molar-refractivity contribution in [3.05, 3.63) is 0 Å². The van der Waals surface area contributed by atoms with E-state index in [9.17, 15) is 4.79 Å². The number of piperazine rings is 3. The van der Waals surface area contributed by atoms with Crippen molar-refractivity contribution < 1.29 is 13.8 Å². The van der Waals surface area contributed by atoms with Crippen LogP contribution < -0.4 is 5.73 Å². The second-order valence-electron chi connectivity index (χ2n) is 5.62. The van der Waals surface area contributed by atoms with Crippen LogP contribution in [0.2, 0.25) is 0 Å². The minimum atomic E-state index is -0.138. The summed E-state index contributed by atoms with van der Waals surface area (Å²) in [5.74, 6) is -0.138. The molecule has 4 nitrogen and oxygen atoms in total. The zero-order chi connectivity index (χ0) is 11.1. The number of carbonyl (C=O) groups excluding carboxylic acids is 1. The molecular formula is C11H23N3O+2. The number of hydrogen-bond donors (Lipinski definition) is 1. The summed E-state index contributed by atoms with van der Waals surface area (Å²) < 4.78 is 2.22. The molecule has 0 aromatic rings. The van der Waals surface area contributed by atoms with E-state index in [2.05, 4.69) is 13.8 Å². The Morgan fingerprint density at radius 2 is 1.60 bits per heavy atom. The predicted octanol–water partition coefficient (Wildman–Crippen LogP) is -0.459. The van der Waals surface area contributed by atoms with Crippen LogP contribution in [-0.2, 0) is 4.79 Å². The maximum Gasteiger partial charge on any atom is 0.272 e. The Morgan fingerprint density at radius 3 is 1.93 bits per heavy atom. The van der Waals surface area contributed by atoms with Crippen LogP contribution >= 0.6 is 0 Å². The molecule has 3 aliphatic heterocycles. The molecule has 3 saturated heterocycles. The Hall–Kier alpha value is -0.610. The highest BCUT2D eigenvalue weighted by atomic mass is 16.1. The molecular weight excluding hydrogens is 190 g/mol. The van der Waals surface area contributed by atoms with Gasteiger partial charge in [-0.3, -0.25) is 4.79 Å². The first-order chi connectivity index (χ1) is 6.98. The van der Waals surface area contributed by atoms with Crippen molar-refractivity contribution in [2.75, 3.05) is 45.8 Å². The van der Waals surface area contributed by atoms with Crippen LogP contribution in [0.1, 0.15) is 13.8 Å². The van der Waals surface area contributed by atoms with Crippen LogP contribution in [0.15, 0.2) is 0 Å². The third-order valence-corrected chi connectivity index (χ3v) is 4.65. The van der Waals surface area contributed by atoms with E-state index < -0.39 is 0 Å². The topological polar surface area (TPSA) is 43.1 Å². The Balaban J connectivity index is 2.07. The molecule has 0 radical (unpaired) electrons. The molecule has 0 aromatic heterocycles. The number of hydrogen-bond acceptors (Lipinski definition) is 1. The lowest BCUT2D eigenvalue weighted by molar-refractivity contribution is -1.09. The molecule has 4 heteroatoms. The molecule has 0 unspecified atom stereocenters. The van der Waals surface area contributed by atoms with Crippen LogP contribution in [0, 0.1) is 0 Å². The lowest BCUT2D eigenvalue weighted by Crippen LogP contribution is -2.77. The van der Waals surface area contributed by atoms with Crippen LogP contribution in [0.4, 0.5) is 0 Å². The Kier molecular flexibility index (Phi) is 2.51. The molecule has 2 N–H and O–H groups in total. The van der Waals surface area contributed by atoms with Gasteiger partial charge in [0.05, 0.1) is 6.04 Å². The second-order valence-corrected chi connectivity index (χ2v) is 5.62. The van der Waals surface area contributed by atoms with E-state index in [-0.39, 0.29) is 5.91 Å². The summed E-state index contributed by atoms with van der Waals surface area (Å²) >= 11 is 0. The average Bonchev–Trinajstić information content (AvgIpc) is 2.18. The first kappa shape index (κ1) is 10.9. The molecule has 15 heavy (non-hydrogen) atoms. The minimum absolute atomic E-state index is 0.138. The molecule has 0 spiro atoms. The minimum Gasteiger partial charge on any atom is -0.365 e. The van der Waals surface area contributed by atoms with Gasteiger partial charge in [0.25, 0.3) is 5.91 Å². The van der Waals surface area contributed by atoms with Gasteiger partial charge in [0, 0.05) is 0 Å². The molecule has 3 fully saturated rings. The van der Waals surface area contributed by atoms with Gasteiger partial charge in [-0.25, -0.2) is 0 Å². The predicted molar refractivity (Wildman–Crippen MR) is 58.9 cm³/mol. The fourth-order valence-corrected chi connectivity index (χ4v) is 3.25. The van der Waals surface area contributed by atoms with Gasteiger partial charge in [-0.05, 0) is 13.8 Å². The fraction of sp³-hybridized carbons (Fsp3) is 0.909. The van der Waals surface area contributed by atoms with Gasteiger partial charge in [-0.15, -0.1) is 0 Å². The molecule has 86 valence electrons. The van der Waals surface area contributed by atoms with Crippen molar-refractivity contribution in [2.24, 2.45) is 5.73 Å². The molecule has 3 aliphatic rings. The maximum absolute atomic E-state index is 11.1. The Morgan fingerprint density at radius 1 is 1.13 bits per heavy atom. The lowest BCUT2D eigenvalue weighted by Gasteiger charge is -2.56. The summed E-state index contributed by atoms with van der Waals surface area (Å²) in [6, 6.07) is 0.723. The molecule has 1 amide bonds. The molecule has 0 atom stereocenters. The van der Waals surface area contributed by atoms with Crippen LogP contribution in [0.5, 0.6) is 0 Å². The van der Waals surface area contributed by atoms with Crippen LogP contribution in [0.25, 0.3) is 0 Å². The third kappa shape index (κ3) is 1.76. The standard InChI is InChI=1S/C11H22N3O/c1-10(2)14-6-3-13(4-7-14,5-8-14)9-11(12)15/h10H,3-9H2,1-2H3,(H-,12,15)/q+1/p+1. The van der Waals surface area contributed by atoms with Gasteiger partial charge >= 0.3 is 0 Å². The molecule has 2 bridgehead atoms. The second kappa shape index (κ2) is 3.46. The van der Waals surface area contributed by atoms with Gasteiger partial charge in [0.15, 0.2) is 6.54 Å². The van der Waals surface area contributed by atoms with Crippen molar-refractivity contribution in [3.8, 4) is 0 Å². The van der Waals surface area contributed by atoms with Crippen LogP contribution in [-0.4, -0.2) is 66.7 Å². The summed E-state index contributed by atoms with van der Waals surface area (Å²) in [5.41, 5.74) is 5.33. The third-order valence-electron chi connectivity index (χ3n) is 4.65. The first-order valence-electron chi connectivity index (χ1n) is 5.97. The van der Waals surface area contributed by atoms with E-state index in [1.807, 2.05) is 0 Å². The van der Waals surface area contributed by atoms with Gasteiger partial charge in [-0.2, -0.15) is 0 Å². The van der Waals surface area contributed by atoms with Gasteiger partial charge < -0.3 is 14.7 Å². The fourth-order valence-electron chi connectivity index (χ4n) is 3.25. The number of nitrogens with two attached hydrogens (primary N) is 1. The summed E-state index contributed by atoms with van der Waals surface area (Å²) in [5, 5.41) is 0. The SMILES string of the molecule is CC(C)[N+]12CC[N+](CC(N)=O)(CC1)CC2. The monoisotopic (exact) mass is 213 g/mol. The summed E-state index contributed by atoms with van der Waals surface area (Å²) in [6.45, 7) is 12.3. The number of quaternary nitrogens is 2. The number of rotatable bonds is 3. The summed E-state index contributed by atoms with van der Waals surface area (Å²) in [7, 11) is 0. The van der Waals surface area contributed by atoms with E-state index in [0.717, 1.165) is 30.2 Å². The highest BCUT2D eigenvalue weighted by Gasteiger charge is 2.50. The number of amides is 1. The highest BCUT2D eigenvalue weighted by Crippen LogP contribution is 2.28. The lowest BCUT2D eigenvalue weighted by atomic mass is 10.0. The van der Waals surface area contributed by atoms with E-state index in [4.69, 9.17) is 5.73 Å². The average molecular weight is 213 g/mol. The number of fused-ring (bicyclic) bond motifs is 3. The maximum atomic E-state index is 11.1. The van der Waals surface area contributed by atoms with Gasteiger partial charge in [-0.1, -0.05) is 0 Å². The molecule has 0 aromatic carbocycles. The van der Waals surface area contributed by atoms with Crippen molar-refractivity contribution in [1.82, 2.24) is 0 Å². The number of primary amides is 1. The number of nitrogens with zero attached hydrogens (tertiary/aromatic N) is 2. The molecule has 3 heterocycles. The van der Waals surface area contributed by atoms with Crippen molar-refractivity contribution in [2.45, 2.75) is 19.9 Å². The largest absolute Gasteiger partial charge is 0.365 e. The quantitative estimate of drug-likeness (QED) is 0.634. The molecule has 0 aliphatic carbocycles. The van der Waals surface area contributed by atoms with Gasteiger partial charge in [0.1, 0.15) is 39.3 Å². The normalized spacial score (nSPS) is 39.7. The molecule has 3 rings (SSSR count). The Bertz CT molecular complexity index is 250. The van der Waals surface area contributed by atoms with E-state index in [1.54, 1.807) is 0 Å². The van der Waals surface area contributed by atoms with Crippen molar-refractivity contribution in [1.29, 1.82) is 0 Å². The summed E-state index contributed by atoms with van der Waals surface area (Å²) in [6.07, 6.45) is 0. The van der Waals surface area contributed by atoms with Crippen molar-refractivity contribution >= 4 is 5.91 Å². The van der Waals surface area contributed by atoms with Gasteiger partial charge in [0.2, 0.25) is 0 Å².